The zero-order valence-electron chi connectivity index (χ0n) is 14.5. The molecular formula is C20H23O4P2. The van der Waals surface area contributed by atoms with E-state index in [0.717, 1.165) is 6.16 Å². The number of hydrogen-bond acceptors (Lipinski definition) is 1. The highest BCUT2D eigenvalue weighted by molar-refractivity contribution is 7.95. The Morgan fingerprint density at radius 2 is 0.846 bits per heavy atom. The lowest BCUT2D eigenvalue weighted by atomic mass is 10.4. The van der Waals surface area contributed by atoms with Crippen molar-refractivity contribution in [3.63, 3.8) is 0 Å². The normalized spacial score (nSPS) is 11.4. The highest BCUT2D eigenvalue weighted by atomic mass is 31.2. The maximum atomic E-state index is 8.88. The molecule has 3 aromatic carbocycles. The summed E-state index contributed by atoms with van der Waals surface area (Å²) in [6, 6.07) is 33.0. The molecule has 0 atom stereocenters. The standard InChI is InChI=1S/C20H20P.H3O4P/c1-2-21(18-12-6-3-7-13-18,19-14-8-4-9-15-19)20-16-10-5-11-17-20;1-5(2,3)4/h3-17H,2H2,1H3;(H3,1,2,3,4). The van der Waals surface area contributed by atoms with Crippen LogP contribution in [-0.2, 0) is 4.57 Å². The lowest BCUT2D eigenvalue weighted by Crippen LogP contribution is -2.32. The average molecular weight is 389 g/mol. The van der Waals surface area contributed by atoms with Crippen LogP contribution >= 0.6 is 15.1 Å². The minimum absolute atomic E-state index is 1.14. The maximum absolute atomic E-state index is 8.88. The number of benzene rings is 3. The van der Waals surface area contributed by atoms with Crippen molar-refractivity contribution in [2.24, 2.45) is 0 Å². The molecule has 0 fully saturated rings. The number of phosphoric acid groups is 1. The summed E-state index contributed by atoms with van der Waals surface area (Å²) in [5.74, 6) is 0. The van der Waals surface area contributed by atoms with Crippen LogP contribution in [0.5, 0.6) is 0 Å². The van der Waals surface area contributed by atoms with Crippen LogP contribution in [0.3, 0.4) is 0 Å². The summed E-state index contributed by atoms with van der Waals surface area (Å²) in [6.45, 7) is 2.32. The highest BCUT2D eigenvalue weighted by Crippen LogP contribution is 2.54. The van der Waals surface area contributed by atoms with Gasteiger partial charge in [-0.1, -0.05) is 97.9 Å². The summed E-state index contributed by atoms with van der Waals surface area (Å²) in [7, 11) is -6.17. The Labute approximate surface area is 154 Å². The molecule has 4 nitrogen and oxygen atoms in total. The molecule has 0 aliphatic carbocycles. The van der Waals surface area contributed by atoms with Gasteiger partial charge in [0, 0.05) is 0 Å². The molecule has 0 saturated heterocycles. The van der Waals surface area contributed by atoms with Crippen LogP contribution < -0.4 is 15.9 Å². The molecule has 0 unspecified atom stereocenters. The second-order valence-corrected chi connectivity index (χ2v) is 10.5. The highest BCUT2D eigenvalue weighted by Gasteiger charge is 2.31. The van der Waals surface area contributed by atoms with Crippen LogP contribution in [0, 0.1) is 0 Å². The second-order valence-electron chi connectivity index (χ2n) is 5.65. The minimum Gasteiger partial charge on any atom is -0.303 e. The Kier molecular flexibility index (Phi) is 7.28. The zero-order valence-corrected chi connectivity index (χ0v) is 16.3. The van der Waals surface area contributed by atoms with Gasteiger partial charge in [-0.15, -0.1) is 0 Å². The molecule has 3 rings (SSSR count). The van der Waals surface area contributed by atoms with Crippen LogP contribution in [0.25, 0.3) is 0 Å². The summed E-state index contributed by atoms with van der Waals surface area (Å²) in [4.78, 5) is 21.6. The monoisotopic (exact) mass is 389 g/mol. The van der Waals surface area contributed by atoms with E-state index in [1.807, 2.05) is 0 Å². The molecule has 1 radical (unpaired) electrons. The SMILES string of the molecule is CC[P](c1ccccc1)(c1ccccc1)c1ccccc1.O=P(O)(O)O. The van der Waals surface area contributed by atoms with Crippen LogP contribution in [0.2, 0.25) is 0 Å². The smallest absolute Gasteiger partial charge is 0.303 e. The number of rotatable bonds is 4. The summed E-state index contributed by atoms with van der Waals surface area (Å²) >= 11 is 0. The molecule has 0 aliphatic heterocycles. The van der Waals surface area contributed by atoms with Crippen molar-refractivity contribution in [2.75, 3.05) is 6.16 Å². The predicted octanol–water partition coefficient (Wildman–Crippen LogP) is 3.07. The van der Waals surface area contributed by atoms with Crippen LogP contribution in [0.1, 0.15) is 6.92 Å². The molecule has 6 heteroatoms. The van der Waals surface area contributed by atoms with Gasteiger partial charge in [0.25, 0.3) is 0 Å². The molecule has 0 spiro atoms. The van der Waals surface area contributed by atoms with Crippen LogP contribution in [0.15, 0.2) is 91.0 Å². The molecule has 3 N–H and O–H groups in total. The molecule has 0 aliphatic rings. The Bertz CT molecular complexity index is 729. The quantitative estimate of drug-likeness (QED) is 0.600. The van der Waals surface area contributed by atoms with Gasteiger partial charge in [0.05, 0.1) is 0 Å². The third-order valence-corrected chi connectivity index (χ3v) is 8.55. The van der Waals surface area contributed by atoms with Gasteiger partial charge >= 0.3 is 7.82 Å². The largest absolute Gasteiger partial charge is 0.466 e. The Morgan fingerprint density at radius 1 is 0.615 bits per heavy atom. The van der Waals surface area contributed by atoms with Gasteiger partial charge in [-0.05, 0) is 29.3 Å². The van der Waals surface area contributed by atoms with E-state index in [9.17, 15) is 0 Å². The van der Waals surface area contributed by atoms with Crippen molar-refractivity contribution in [3.8, 4) is 0 Å². The van der Waals surface area contributed by atoms with Crippen molar-refractivity contribution < 1.29 is 19.2 Å². The third kappa shape index (κ3) is 5.35. The van der Waals surface area contributed by atoms with E-state index in [-0.39, 0.29) is 0 Å². The second kappa shape index (κ2) is 9.23. The van der Waals surface area contributed by atoms with Gasteiger partial charge < -0.3 is 14.7 Å². The van der Waals surface area contributed by atoms with E-state index >= 15 is 0 Å². The van der Waals surface area contributed by atoms with E-state index in [4.69, 9.17) is 19.2 Å². The first-order chi connectivity index (χ1) is 12.4. The predicted molar refractivity (Wildman–Crippen MR) is 110 cm³/mol. The lowest BCUT2D eigenvalue weighted by molar-refractivity contribution is 0.275. The fraction of sp³-hybridized carbons (Fsp3) is 0.100. The molecule has 0 aromatic heterocycles. The van der Waals surface area contributed by atoms with Gasteiger partial charge in [0.15, 0.2) is 0 Å². The molecule has 137 valence electrons. The first-order valence-electron chi connectivity index (χ1n) is 8.21. The van der Waals surface area contributed by atoms with E-state index in [0.29, 0.717) is 0 Å². The van der Waals surface area contributed by atoms with Crippen molar-refractivity contribution in [2.45, 2.75) is 6.92 Å². The summed E-state index contributed by atoms with van der Waals surface area (Å²) < 4.78 is 8.88. The Hall–Kier alpha value is -1.80. The summed E-state index contributed by atoms with van der Waals surface area (Å²) in [5.41, 5.74) is 0. The van der Waals surface area contributed by atoms with Crippen LogP contribution in [-0.4, -0.2) is 20.8 Å². The van der Waals surface area contributed by atoms with E-state index < -0.39 is 15.1 Å². The first kappa shape index (κ1) is 20.5. The van der Waals surface area contributed by atoms with Gasteiger partial charge in [0.1, 0.15) is 0 Å². The molecule has 0 amide bonds. The average Bonchev–Trinajstić information content (AvgIpc) is 2.64. The van der Waals surface area contributed by atoms with Gasteiger partial charge in [-0.25, -0.2) is 4.57 Å². The van der Waals surface area contributed by atoms with E-state index in [2.05, 4.69) is 97.9 Å². The van der Waals surface area contributed by atoms with E-state index in [1.165, 1.54) is 15.9 Å². The fourth-order valence-electron chi connectivity index (χ4n) is 3.04. The van der Waals surface area contributed by atoms with Gasteiger partial charge in [-0.2, -0.15) is 0 Å². The molecule has 0 saturated carbocycles. The van der Waals surface area contributed by atoms with Gasteiger partial charge in [0.2, 0.25) is 0 Å². The summed E-state index contributed by atoms with van der Waals surface area (Å²) in [5, 5.41) is 4.39. The van der Waals surface area contributed by atoms with Crippen molar-refractivity contribution in [3.05, 3.63) is 91.0 Å². The third-order valence-electron chi connectivity index (χ3n) is 4.07. The molecule has 26 heavy (non-hydrogen) atoms. The first-order valence-corrected chi connectivity index (χ1v) is 11.7. The topological polar surface area (TPSA) is 77.8 Å². The molecular weight excluding hydrogens is 366 g/mol. The Morgan fingerprint density at radius 3 is 1.04 bits per heavy atom. The van der Waals surface area contributed by atoms with Crippen LogP contribution in [0.4, 0.5) is 0 Å². The van der Waals surface area contributed by atoms with Crippen molar-refractivity contribution in [1.29, 1.82) is 0 Å². The van der Waals surface area contributed by atoms with E-state index in [1.54, 1.807) is 0 Å². The number of hydrogen-bond donors (Lipinski definition) is 3. The maximum Gasteiger partial charge on any atom is 0.466 e. The lowest BCUT2D eigenvalue weighted by Gasteiger charge is -2.37. The zero-order chi connectivity index (χ0) is 19.0. The minimum atomic E-state index is -4.64. The molecule has 3 aromatic rings. The van der Waals surface area contributed by atoms with Gasteiger partial charge in [-0.3, -0.25) is 0 Å². The van der Waals surface area contributed by atoms with Crippen molar-refractivity contribution in [1.82, 2.24) is 0 Å². The fourth-order valence-corrected chi connectivity index (χ4v) is 7.08. The summed E-state index contributed by atoms with van der Waals surface area (Å²) in [6.07, 6.45) is 1.14. The Balaban J connectivity index is 0.000000431. The van der Waals surface area contributed by atoms with Crippen molar-refractivity contribution >= 4 is 31.0 Å². The molecule has 0 heterocycles. The molecule has 0 bridgehead atoms.